The molecule has 2 aliphatic rings. The van der Waals surface area contributed by atoms with E-state index in [9.17, 15) is 0 Å². The molecule has 1 saturated heterocycles. The number of rotatable bonds is 6. The van der Waals surface area contributed by atoms with E-state index in [1.165, 1.54) is 57.9 Å². The normalized spacial score (nSPS) is 29.6. The second kappa shape index (κ2) is 6.75. The van der Waals surface area contributed by atoms with Crippen molar-refractivity contribution in [2.24, 2.45) is 5.92 Å². The Morgan fingerprint density at radius 2 is 1.76 bits per heavy atom. The van der Waals surface area contributed by atoms with Crippen LogP contribution in [-0.2, 0) is 0 Å². The first-order valence-corrected chi connectivity index (χ1v) is 7.73. The molecule has 1 heterocycles. The number of nitrogens with one attached hydrogen (secondary N) is 2. The van der Waals surface area contributed by atoms with E-state index in [4.69, 9.17) is 0 Å². The summed E-state index contributed by atoms with van der Waals surface area (Å²) in [5, 5.41) is 7.48. The third kappa shape index (κ3) is 5.39. The number of hydrogen-bond donors (Lipinski definition) is 2. The molecule has 0 aromatic rings. The van der Waals surface area contributed by atoms with Crippen molar-refractivity contribution in [1.82, 2.24) is 10.6 Å². The molecule has 0 amide bonds. The van der Waals surface area contributed by atoms with Crippen molar-refractivity contribution in [3.05, 3.63) is 0 Å². The topological polar surface area (TPSA) is 24.1 Å². The Hall–Kier alpha value is -0.0800. The molecule has 2 rings (SSSR count). The standard InChI is InChI=1S/C15H30N2/c1-12(10-14-7-8-14)17-13(2)11-15-6-4-3-5-9-16-15/h12-17H,3-11H2,1-2H3. The molecular formula is C15H30N2. The van der Waals surface area contributed by atoms with Gasteiger partial charge < -0.3 is 10.6 Å². The van der Waals surface area contributed by atoms with E-state index in [0.29, 0.717) is 12.1 Å². The van der Waals surface area contributed by atoms with Crippen LogP contribution in [0.4, 0.5) is 0 Å². The van der Waals surface area contributed by atoms with Crippen molar-refractivity contribution in [2.45, 2.75) is 83.3 Å². The first kappa shape index (κ1) is 13.4. The highest BCUT2D eigenvalue weighted by Gasteiger charge is 2.24. The summed E-state index contributed by atoms with van der Waals surface area (Å²) in [6, 6.07) is 2.13. The molecule has 3 atom stereocenters. The Kier molecular flexibility index (Phi) is 5.30. The van der Waals surface area contributed by atoms with E-state index in [-0.39, 0.29) is 0 Å². The second-order valence-electron chi connectivity index (χ2n) is 6.38. The first-order chi connectivity index (χ1) is 8.24. The highest BCUT2D eigenvalue weighted by atomic mass is 15.0. The van der Waals surface area contributed by atoms with Gasteiger partial charge in [-0.05, 0) is 52.0 Å². The summed E-state index contributed by atoms with van der Waals surface area (Å²) in [7, 11) is 0. The van der Waals surface area contributed by atoms with Gasteiger partial charge in [-0.2, -0.15) is 0 Å². The van der Waals surface area contributed by atoms with Crippen molar-refractivity contribution < 1.29 is 0 Å². The first-order valence-electron chi connectivity index (χ1n) is 7.73. The lowest BCUT2D eigenvalue weighted by Crippen LogP contribution is -2.40. The maximum Gasteiger partial charge on any atom is 0.00817 e. The zero-order chi connectivity index (χ0) is 12.1. The molecule has 0 radical (unpaired) electrons. The third-order valence-corrected chi connectivity index (χ3v) is 4.25. The van der Waals surface area contributed by atoms with Gasteiger partial charge in [0.2, 0.25) is 0 Å². The quantitative estimate of drug-likeness (QED) is 0.743. The molecule has 2 fully saturated rings. The van der Waals surface area contributed by atoms with E-state index in [0.717, 1.165) is 12.0 Å². The molecule has 0 aromatic carbocycles. The Balaban J connectivity index is 1.62. The fourth-order valence-corrected chi connectivity index (χ4v) is 3.20. The maximum absolute atomic E-state index is 3.78. The average Bonchev–Trinajstić information content (AvgIpc) is 3.05. The number of hydrogen-bond acceptors (Lipinski definition) is 2. The molecule has 100 valence electrons. The average molecular weight is 238 g/mol. The highest BCUT2D eigenvalue weighted by molar-refractivity contribution is 4.81. The van der Waals surface area contributed by atoms with E-state index in [1.54, 1.807) is 0 Å². The van der Waals surface area contributed by atoms with E-state index >= 15 is 0 Å². The summed E-state index contributed by atoms with van der Waals surface area (Å²) >= 11 is 0. The van der Waals surface area contributed by atoms with Crippen molar-refractivity contribution in [3.8, 4) is 0 Å². The Morgan fingerprint density at radius 3 is 2.53 bits per heavy atom. The van der Waals surface area contributed by atoms with Crippen LogP contribution in [0.3, 0.4) is 0 Å². The summed E-state index contributed by atoms with van der Waals surface area (Å²) in [6.07, 6.45) is 11.2. The van der Waals surface area contributed by atoms with Gasteiger partial charge in [-0.3, -0.25) is 0 Å². The van der Waals surface area contributed by atoms with Crippen LogP contribution < -0.4 is 10.6 Å². The fraction of sp³-hybridized carbons (Fsp3) is 1.00. The summed E-state index contributed by atoms with van der Waals surface area (Å²) in [5.74, 6) is 1.04. The monoisotopic (exact) mass is 238 g/mol. The van der Waals surface area contributed by atoms with Crippen molar-refractivity contribution >= 4 is 0 Å². The highest BCUT2D eigenvalue weighted by Crippen LogP contribution is 2.33. The largest absolute Gasteiger partial charge is 0.314 e. The molecular weight excluding hydrogens is 208 g/mol. The Bertz CT molecular complexity index is 205. The van der Waals surface area contributed by atoms with Gasteiger partial charge in [0.15, 0.2) is 0 Å². The van der Waals surface area contributed by atoms with Gasteiger partial charge >= 0.3 is 0 Å². The van der Waals surface area contributed by atoms with Crippen LogP contribution in [0.1, 0.15) is 65.2 Å². The third-order valence-electron chi connectivity index (χ3n) is 4.25. The van der Waals surface area contributed by atoms with Crippen LogP contribution >= 0.6 is 0 Å². The van der Waals surface area contributed by atoms with E-state index < -0.39 is 0 Å². The zero-order valence-corrected chi connectivity index (χ0v) is 11.7. The predicted octanol–water partition coefficient (Wildman–Crippen LogP) is 3.08. The van der Waals surface area contributed by atoms with Gasteiger partial charge in [-0.25, -0.2) is 0 Å². The minimum Gasteiger partial charge on any atom is -0.314 e. The molecule has 17 heavy (non-hydrogen) atoms. The minimum atomic E-state index is 0.666. The SMILES string of the molecule is CC(CC1CC1)NC(C)CC1CCCCCN1. The van der Waals surface area contributed by atoms with Gasteiger partial charge in [0.05, 0.1) is 0 Å². The summed E-state index contributed by atoms with van der Waals surface area (Å²) in [6.45, 7) is 5.94. The van der Waals surface area contributed by atoms with Crippen molar-refractivity contribution in [2.75, 3.05) is 6.54 Å². The zero-order valence-electron chi connectivity index (χ0n) is 11.7. The molecule has 0 spiro atoms. The lowest BCUT2D eigenvalue weighted by Gasteiger charge is -2.24. The molecule has 2 N–H and O–H groups in total. The Morgan fingerprint density at radius 1 is 1.00 bits per heavy atom. The smallest absolute Gasteiger partial charge is 0.00817 e. The molecule has 1 aliphatic heterocycles. The maximum atomic E-state index is 3.78. The molecule has 0 aromatic heterocycles. The van der Waals surface area contributed by atoms with Gasteiger partial charge in [-0.1, -0.05) is 25.7 Å². The van der Waals surface area contributed by atoms with Crippen LogP contribution in [-0.4, -0.2) is 24.7 Å². The second-order valence-corrected chi connectivity index (χ2v) is 6.38. The van der Waals surface area contributed by atoms with Gasteiger partial charge in [-0.15, -0.1) is 0 Å². The molecule has 0 bridgehead atoms. The predicted molar refractivity (Wildman–Crippen MR) is 74.3 cm³/mol. The van der Waals surface area contributed by atoms with Crippen LogP contribution in [0.2, 0.25) is 0 Å². The lowest BCUT2D eigenvalue weighted by atomic mass is 10.0. The van der Waals surface area contributed by atoms with E-state index in [1.807, 2.05) is 0 Å². The molecule has 3 unspecified atom stereocenters. The molecule has 1 saturated carbocycles. The molecule has 2 heteroatoms. The van der Waals surface area contributed by atoms with Gasteiger partial charge in [0.1, 0.15) is 0 Å². The summed E-state index contributed by atoms with van der Waals surface area (Å²) in [4.78, 5) is 0. The van der Waals surface area contributed by atoms with E-state index in [2.05, 4.69) is 24.5 Å². The summed E-state index contributed by atoms with van der Waals surface area (Å²) < 4.78 is 0. The van der Waals surface area contributed by atoms with Crippen LogP contribution in [0.5, 0.6) is 0 Å². The van der Waals surface area contributed by atoms with Crippen LogP contribution in [0, 0.1) is 5.92 Å². The lowest BCUT2D eigenvalue weighted by molar-refractivity contribution is 0.363. The van der Waals surface area contributed by atoms with Crippen molar-refractivity contribution in [3.63, 3.8) is 0 Å². The van der Waals surface area contributed by atoms with Gasteiger partial charge in [0.25, 0.3) is 0 Å². The van der Waals surface area contributed by atoms with Crippen molar-refractivity contribution in [1.29, 1.82) is 0 Å². The van der Waals surface area contributed by atoms with Gasteiger partial charge in [0, 0.05) is 18.1 Å². The van der Waals surface area contributed by atoms with Crippen LogP contribution in [0.25, 0.3) is 0 Å². The minimum absolute atomic E-state index is 0.666. The molecule has 1 aliphatic carbocycles. The fourth-order valence-electron chi connectivity index (χ4n) is 3.20. The summed E-state index contributed by atoms with van der Waals surface area (Å²) in [5.41, 5.74) is 0. The van der Waals surface area contributed by atoms with Crippen LogP contribution in [0.15, 0.2) is 0 Å². The molecule has 2 nitrogen and oxygen atoms in total. The Labute approximate surface area is 107 Å².